The second kappa shape index (κ2) is 9.73. The number of nitrogens with zero attached hydrogens (tertiary/aromatic N) is 2. The maximum Gasteiger partial charge on any atom is 0.344 e. The van der Waals surface area contributed by atoms with Gasteiger partial charge < -0.3 is 19.7 Å². The van der Waals surface area contributed by atoms with E-state index in [9.17, 15) is 14.4 Å². The molecular formula is C20H19N3O5. The Hall–Kier alpha value is -3.86. The molecule has 2 amide bonds. The topological polar surface area (TPSA) is 109 Å². The van der Waals surface area contributed by atoms with Gasteiger partial charge in [-0.1, -0.05) is 0 Å². The molecule has 144 valence electrons. The Morgan fingerprint density at radius 2 is 1.64 bits per heavy atom. The lowest BCUT2D eigenvalue weighted by atomic mass is 10.2. The first-order chi connectivity index (χ1) is 13.4. The van der Waals surface area contributed by atoms with E-state index in [1.54, 1.807) is 62.6 Å². The molecule has 0 aliphatic heterocycles. The number of carbonyl (C=O) groups is 3. The molecule has 8 nitrogen and oxygen atoms in total. The average Bonchev–Trinajstić information content (AvgIpc) is 2.71. The van der Waals surface area contributed by atoms with Gasteiger partial charge in [0.25, 0.3) is 11.8 Å². The Labute approximate surface area is 162 Å². The molecule has 28 heavy (non-hydrogen) atoms. The minimum atomic E-state index is -0.702. The van der Waals surface area contributed by atoms with Crippen molar-refractivity contribution in [3.05, 3.63) is 59.7 Å². The van der Waals surface area contributed by atoms with Crippen molar-refractivity contribution in [2.45, 2.75) is 0 Å². The van der Waals surface area contributed by atoms with Gasteiger partial charge in [-0.25, -0.2) is 4.79 Å². The van der Waals surface area contributed by atoms with Gasteiger partial charge in [-0.15, -0.1) is 0 Å². The molecule has 0 unspecified atom stereocenters. The molecule has 2 aromatic rings. The van der Waals surface area contributed by atoms with Crippen LogP contribution in [0.3, 0.4) is 0 Å². The number of nitrogens with one attached hydrogen (secondary N) is 1. The van der Waals surface area contributed by atoms with Gasteiger partial charge in [0.05, 0.1) is 11.6 Å². The van der Waals surface area contributed by atoms with E-state index in [0.29, 0.717) is 22.6 Å². The van der Waals surface area contributed by atoms with E-state index in [1.807, 2.05) is 6.07 Å². The first-order valence-corrected chi connectivity index (χ1v) is 8.29. The summed E-state index contributed by atoms with van der Waals surface area (Å²) in [7, 11) is 3.30. The van der Waals surface area contributed by atoms with E-state index in [2.05, 4.69) is 5.32 Å². The molecule has 0 saturated heterocycles. The maximum absolute atomic E-state index is 11.9. The van der Waals surface area contributed by atoms with Crippen LogP contribution in [-0.2, 0) is 14.3 Å². The van der Waals surface area contributed by atoms with Crippen molar-refractivity contribution in [1.82, 2.24) is 4.90 Å². The second-order valence-electron chi connectivity index (χ2n) is 5.91. The van der Waals surface area contributed by atoms with Crippen molar-refractivity contribution < 1.29 is 23.9 Å². The van der Waals surface area contributed by atoms with Crippen LogP contribution in [0.25, 0.3) is 0 Å². The molecule has 0 fully saturated rings. The largest absolute Gasteiger partial charge is 0.482 e. The normalized spacial score (nSPS) is 9.75. The monoisotopic (exact) mass is 381 g/mol. The lowest BCUT2D eigenvalue weighted by molar-refractivity contribution is -0.149. The van der Waals surface area contributed by atoms with Gasteiger partial charge in [-0.05, 0) is 48.5 Å². The number of rotatable bonds is 7. The maximum atomic E-state index is 11.9. The van der Waals surface area contributed by atoms with E-state index in [1.165, 1.54) is 4.90 Å². The molecule has 0 spiro atoms. The summed E-state index contributed by atoms with van der Waals surface area (Å²) in [5.41, 5.74) is 1.45. The Bertz CT molecular complexity index is 884. The standard InChI is InChI=1S/C20H19N3O5/c1-23(2)20(26)15-5-7-16(8-6-15)22-18(24)12-28-19(25)13-27-17-9-3-14(11-21)4-10-17/h3-10H,12-13H2,1-2H3,(H,22,24). The van der Waals surface area contributed by atoms with E-state index < -0.39 is 18.5 Å². The second-order valence-corrected chi connectivity index (χ2v) is 5.91. The molecular weight excluding hydrogens is 362 g/mol. The molecule has 0 aromatic heterocycles. The van der Waals surface area contributed by atoms with E-state index in [4.69, 9.17) is 14.7 Å². The number of hydrogen-bond acceptors (Lipinski definition) is 6. The fraction of sp³-hybridized carbons (Fsp3) is 0.200. The molecule has 1 N–H and O–H groups in total. The van der Waals surface area contributed by atoms with E-state index in [0.717, 1.165) is 0 Å². The van der Waals surface area contributed by atoms with Crippen molar-refractivity contribution in [3.8, 4) is 11.8 Å². The van der Waals surface area contributed by atoms with Crippen molar-refractivity contribution in [1.29, 1.82) is 5.26 Å². The predicted molar refractivity (Wildman–Crippen MR) is 101 cm³/mol. The van der Waals surface area contributed by atoms with Crippen molar-refractivity contribution in [2.24, 2.45) is 0 Å². The SMILES string of the molecule is CN(C)C(=O)c1ccc(NC(=O)COC(=O)COc2ccc(C#N)cc2)cc1. The number of amides is 2. The highest BCUT2D eigenvalue weighted by molar-refractivity contribution is 5.96. The smallest absolute Gasteiger partial charge is 0.344 e. The molecule has 0 saturated carbocycles. The quantitative estimate of drug-likeness (QED) is 0.733. The molecule has 2 rings (SSSR count). The van der Waals surface area contributed by atoms with Gasteiger partial charge in [0.15, 0.2) is 13.2 Å². The molecule has 0 radical (unpaired) electrons. The minimum Gasteiger partial charge on any atom is -0.482 e. The summed E-state index contributed by atoms with van der Waals surface area (Å²) < 4.78 is 10.1. The van der Waals surface area contributed by atoms with Gasteiger partial charge in [-0.3, -0.25) is 9.59 Å². The molecule has 0 bridgehead atoms. The third-order valence-corrected chi connectivity index (χ3v) is 3.53. The van der Waals surface area contributed by atoms with E-state index in [-0.39, 0.29) is 12.5 Å². The zero-order valence-corrected chi connectivity index (χ0v) is 15.5. The summed E-state index contributed by atoms with van der Waals surface area (Å²) in [5.74, 6) is -0.952. The summed E-state index contributed by atoms with van der Waals surface area (Å²) >= 11 is 0. The molecule has 2 aromatic carbocycles. The van der Waals surface area contributed by atoms with Crippen LogP contribution in [-0.4, -0.2) is 50.0 Å². The molecule has 0 aliphatic carbocycles. The lowest BCUT2D eigenvalue weighted by Crippen LogP contribution is -2.24. The Balaban J connectivity index is 1.74. The van der Waals surface area contributed by atoms with Crippen LogP contribution >= 0.6 is 0 Å². The minimum absolute atomic E-state index is 0.144. The highest BCUT2D eigenvalue weighted by atomic mass is 16.6. The fourth-order valence-corrected chi connectivity index (χ4v) is 2.11. The number of esters is 1. The van der Waals surface area contributed by atoms with Gasteiger partial charge >= 0.3 is 5.97 Å². The zero-order chi connectivity index (χ0) is 20.5. The van der Waals surface area contributed by atoms with Crippen LogP contribution in [0.4, 0.5) is 5.69 Å². The predicted octanol–water partition coefficient (Wildman–Crippen LogP) is 1.82. The van der Waals surface area contributed by atoms with Gasteiger partial charge in [0.1, 0.15) is 5.75 Å². The lowest BCUT2D eigenvalue weighted by Gasteiger charge is -2.11. The van der Waals surface area contributed by atoms with Crippen LogP contribution in [0.1, 0.15) is 15.9 Å². The summed E-state index contributed by atoms with van der Waals surface area (Å²) in [4.78, 5) is 36.8. The van der Waals surface area contributed by atoms with Crippen molar-refractivity contribution >= 4 is 23.5 Å². The summed E-state index contributed by atoms with van der Waals surface area (Å²) in [6.07, 6.45) is 0. The third kappa shape index (κ3) is 6.14. The fourth-order valence-electron chi connectivity index (χ4n) is 2.11. The summed E-state index contributed by atoms with van der Waals surface area (Å²) in [5, 5.41) is 11.3. The van der Waals surface area contributed by atoms with Crippen LogP contribution < -0.4 is 10.1 Å². The van der Waals surface area contributed by atoms with Gasteiger partial charge in [-0.2, -0.15) is 5.26 Å². The third-order valence-electron chi connectivity index (χ3n) is 3.53. The summed E-state index contributed by atoms with van der Waals surface area (Å²) in [6.45, 7) is -0.825. The number of benzene rings is 2. The van der Waals surface area contributed by atoms with Crippen molar-refractivity contribution in [2.75, 3.05) is 32.6 Å². The molecule has 0 aliphatic rings. The van der Waals surface area contributed by atoms with Gasteiger partial charge in [0.2, 0.25) is 0 Å². The van der Waals surface area contributed by atoms with Crippen LogP contribution in [0, 0.1) is 11.3 Å². The highest BCUT2D eigenvalue weighted by Gasteiger charge is 2.11. The molecule has 8 heteroatoms. The first kappa shape index (κ1) is 20.5. The average molecular weight is 381 g/mol. The van der Waals surface area contributed by atoms with E-state index >= 15 is 0 Å². The van der Waals surface area contributed by atoms with Gasteiger partial charge in [0, 0.05) is 25.3 Å². The molecule has 0 heterocycles. The number of nitriles is 1. The zero-order valence-electron chi connectivity index (χ0n) is 15.5. The van der Waals surface area contributed by atoms with Crippen molar-refractivity contribution in [3.63, 3.8) is 0 Å². The Morgan fingerprint density at radius 3 is 2.21 bits per heavy atom. The Morgan fingerprint density at radius 1 is 1.00 bits per heavy atom. The Kier molecular flexibility index (Phi) is 7.11. The van der Waals surface area contributed by atoms with Crippen LogP contribution in [0.2, 0.25) is 0 Å². The number of anilines is 1. The summed E-state index contributed by atoms with van der Waals surface area (Å²) in [6, 6.07) is 14.6. The first-order valence-electron chi connectivity index (χ1n) is 8.29. The number of carbonyl (C=O) groups excluding carboxylic acids is 3. The highest BCUT2D eigenvalue weighted by Crippen LogP contribution is 2.12. The van der Waals surface area contributed by atoms with Crippen LogP contribution in [0.5, 0.6) is 5.75 Å². The van der Waals surface area contributed by atoms with Crippen LogP contribution in [0.15, 0.2) is 48.5 Å². The number of hydrogen-bond donors (Lipinski definition) is 1. The molecule has 0 atom stereocenters. The number of ether oxygens (including phenoxy) is 2.